The number of phenolic OH excluding ortho intramolecular Hbond substituents is 1. The summed E-state index contributed by atoms with van der Waals surface area (Å²) < 4.78 is 0. The molecular weight excluding hydrogens is 258 g/mol. The van der Waals surface area contributed by atoms with Gasteiger partial charge in [-0.3, -0.25) is 4.90 Å². The minimum Gasteiger partial charge on any atom is -0.508 e. The smallest absolute Gasteiger partial charge is 0.116 e. The Kier molecular flexibility index (Phi) is 4.07. The average molecular weight is 279 g/mol. The van der Waals surface area contributed by atoms with Crippen LogP contribution in [0.3, 0.4) is 0 Å². The van der Waals surface area contributed by atoms with Gasteiger partial charge in [-0.2, -0.15) is 0 Å². The third-order valence-electron chi connectivity index (χ3n) is 4.23. The van der Waals surface area contributed by atoms with E-state index in [0.717, 1.165) is 25.1 Å². The van der Waals surface area contributed by atoms with Gasteiger partial charge in [-0.1, -0.05) is 48.5 Å². The number of hydrogen-bond acceptors (Lipinski definition) is 2. The van der Waals surface area contributed by atoms with E-state index < -0.39 is 0 Å². The van der Waals surface area contributed by atoms with E-state index in [4.69, 9.17) is 0 Å². The van der Waals surface area contributed by atoms with Crippen LogP contribution >= 0.6 is 0 Å². The van der Waals surface area contributed by atoms with Crippen molar-refractivity contribution < 1.29 is 5.11 Å². The van der Waals surface area contributed by atoms with Crippen LogP contribution in [-0.2, 0) is 0 Å². The molecule has 1 N–H and O–H groups in total. The second-order valence-corrected chi connectivity index (χ2v) is 5.63. The average Bonchev–Trinajstić information content (AvgIpc) is 2.55. The zero-order valence-corrected chi connectivity index (χ0v) is 12.4. The van der Waals surface area contributed by atoms with Crippen molar-refractivity contribution in [3.63, 3.8) is 0 Å². The van der Waals surface area contributed by atoms with Crippen LogP contribution in [-0.4, -0.2) is 23.1 Å². The molecule has 0 spiro atoms. The molecule has 3 rings (SSSR count). The molecule has 0 saturated heterocycles. The molecule has 0 aliphatic carbocycles. The Labute approximate surface area is 126 Å². The first-order valence-corrected chi connectivity index (χ1v) is 7.51. The maximum Gasteiger partial charge on any atom is 0.116 e. The lowest BCUT2D eigenvalue weighted by Gasteiger charge is -2.33. The number of phenols is 1. The number of benzene rings is 2. The van der Waals surface area contributed by atoms with E-state index in [9.17, 15) is 5.11 Å². The Morgan fingerprint density at radius 3 is 2.62 bits per heavy atom. The molecule has 1 unspecified atom stereocenters. The summed E-state index contributed by atoms with van der Waals surface area (Å²) in [6, 6.07) is 18.6. The quantitative estimate of drug-likeness (QED) is 0.908. The van der Waals surface area contributed by atoms with Crippen LogP contribution in [0, 0.1) is 0 Å². The lowest BCUT2D eigenvalue weighted by molar-refractivity contribution is 0.235. The topological polar surface area (TPSA) is 23.5 Å². The predicted molar refractivity (Wildman–Crippen MR) is 87.1 cm³/mol. The van der Waals surface area contributed by atoms with Crippen molar-refractivity contribution >= 4 is 5.57 Å². The minimum absolute atomic E-state index is 0.335. The van der Waals surface area contributed by atoms with Gasteiger partial charge in [0.1, 0.15) is 5.75 Å². The molecule has 2 aromatic carbocycles. The van der Waals surface area contributed by atoms with E-state index in [-0.39, 0.29) is 0 Å². The van der Waals surface area contributed by atoms with Gasteiger partial charge in [0, 0.05) is 19.1 Å². The highest BCUT2D eigenvalue weighted by Crippen LogP contribution is 2.29. The number of rotatable bonds is 3. The maximum atomic E-state index is 9.66. The summed E-state index contributed by atoms with van der Waals surface area (Å²) in [7, 11) is 0. The normalized spacial score (nSPS) is 17.3. The van der Waals surface area contributed by atoms with E-state index in [1.165, 1.54) is 11.1 Å². The van der Waals surface area contributed by atoms with Gasteiger partial charge in [0.05, 0.1) is 0 Å². The predicted octanol–water partition coefficient (Wildman–Crippen LogP) is 4.24. The van der Waals surface area contributed by atoms with Gasteiger partial charge >= 0.3 is 0 Å². The summed E-state index contributed by atoms with van der Waals surface area (Å²) in [5, 5.41) is 9.66. The zero-order valence-electron chi connectivity index (χ0n) is 12.4. The van der Waals surface area contributed by atoms with Gasteiger partial charge in [0.15, 0.2) is 0 Å². The van der Waals surface area contributed by atoms with E-state index in [2.05, 4.69) is 54.3 Å². The molecule has 1 aliphatic heterocycles. The molecule has 21 heavy (non-hydrogen) atoms. The molecule has 1 heterocycles. The molecule has 0 fully saturated rings. The van der Waals surface area contributed by atoms with Gasteiger partial charge in [-0.25, -0.2) is 0 Å². The molecule has 1 atom stereocenters. The van der Waals surface area contributed by atoms with Crippen LogP contribution < -0.4 is 0 Å². The molecule has 0 radical (unpaired) electrons. The third kappa shape index (κ3) is 3.17. The van der Waals surface area contributed by atoms with Crippen LogP contribution in [0.5, 0.6) is 5.75 Å². The number of hydrogen-bond donors (Lipinski definition) is 1. The molecule has 2 nitrogen and oxygen atoms in total. The second-order valence-electron chi connectivity index (χ2n) is 5.63. The molecule has 1 aliphatic rings. The molecule has 2 heteroatoms. The van der Waals surface area contributed by atoms with Crippen LogP contribution in [0.2, 0.25) is 0 Å². The van der Waals surface area contributed by atoms with E-state index in [1.807, 2.05) is 12.1 Å². The molecule has 0 saturated carbocycles. The van der Waals surface area contributed by atoms with Gasteiger partial charge in [0.2, 0.25) is 0 Å². The Morgan fingerprint density at radius 1 is 1.05 bits per heavy atom. The second kappa shape index (κ2) is 6.15. The van der Waals surface area contributed by atoms with Crippen molar-refractivity contribution in [2.75, 3.05) is 13.1 Å². The fourth-order valence-electron chi connectivity index (χ4n) is 2.95. The van der Waals surface area contributed by atoms with Gasteiger partial charge in [0.25, 0.3) is 0 Å². The first-order valence-electron chi connectivity index (χ1n) is 7.51. The maximum absolute atomic E-state index is 9.66. The largest absolute Gasteiger partial charge is 0.508 e. The van der Waals surface area contributed by atoms with Crippen molar-refractivity contribution in [2.45, 2.75) is 19.4 Å². The highest BCUT2D eigenvalue weighted by atomic mass is 16.3. The van der Waals surface area contributed by atoms with Crippen molar-refractivity contribution in [1.82, 2.24) is 4.90 Å². The molecule has 108 valence electrons. The molecule has 0 amide bonds. The van der Waals surface area contributed by atoms with Crippen molar-refractivity contribution in [3.05, 3.63) is 71.8 Å². The Balaban J connectivity index is 1.78. The summed E-state index contributed by atoms with van der Waals surface area (Å²) in [5.74, 6) is 0.335. The Hall–Kier alpha value is -2.06. The lowest BCUT2D eigenvalue weighted by Crippen LogP contribution is -2.32. The van der Waals surface area contributed by atoms with Gasteiger partial charge in [-0.05, 0) is 42.2 Å². The van der Waals surface area contributed by atoms with Gasteiger partial charge < -0.3 is 5.11 Å². The summed E-state index contributed by atoms with van der Waals surface area (Å²) in [4.78, 5) is 2.49. The van der Waals surface area contributed by atoms with E-state index in [0.29, 0.717) is 11.8 Å². The fourth-order valence-corrected chi connectivity index (χ4v) is 2.95. The SMILES string of the molecule is CC(c1ccccc1)N1CCC=C(c2cccc(O)c2)C1. The van der Waals surface area contributed by atoms with Crippen molar-refractivity contribution in [1.29, 1.82) is 0 Å². The third-order valence-corrected chi connectivity index (χ3v) is 4.23. The van der Waals surface area contributed by atoms with Crippen LogP contribution in [0.4, 0.5) is 0 Å². The van der Waals surface area contributed by atoms with E-state index in [1.54, 1.807) is 6.07 Å². The number of aromatic hydroxyl groups is 1. The van der Waals surface area contributed by atoms with Crippen LogP contribution in [0.15, 0.2) is 60.7 Å². The van der Waals surface area contributed by atoms with Crippen LogP contribution in [0.1, 0.15) is 30.5 Å². The standard InChI is InChI=1S/C19H21NO/c1-15(16-7-3-2-4-8-16)20-12-6-10-18(14-20)17-9-5-11-19(21)13-17/h2-5,7-11,13,15,21H,6,12,14H2,1H3. The first-order chi connectivity index (χ1) is 10.2. The van der Waals surface area contributed by atoms with Crippen molar-refractivity contribution in [2.24, 2.45) is 0 Å². The summed E-state index contributed by atoms with van der Waals surface area (Å²) >= 11 is 0. The lowest BCUT2D eigenvalue weighted by atomic mass is 9.98. The highest BCUT2D eigenvalue weighted by Gasteiger charge is 2.20. The van der Waals surface area contributed by atoms with Crippen molar-refractivity contribution in [3.8, 4) is 5.75 Å². The number of nitrogens with zero attached hydrogens (tertiary/aromatic N) is 1. The van der Waals surface area contributed by atoms with E-state index >= 15 is 0 Å². The summed E-state index contributed by atoms with van der Waals surface area (Å²) in [6.07, 6.45) is 3.35. The van der Waals surface area contributed by atoms with Crippen LogP contribution in [0.25, 0.3) is 5.57 Å². The molecule has 0 bridgehead atoms. The summed E-state index contributed by atoms with van der Waals surface area (Å²) in [6.45, 7) is 4.28. The first kappa shape index (κ1) is 13.9. The fraction of sp³-hybridized carbons (Fsp3) is 0.263. The molecule has 0 aromatic heterocycles. The monoisotopic (exact) mass is 279 g/mol. The summed E-state index contributed by atoms with van der Waals surface area (Å²) in [5.41, 5.74) is 3.79. The van der Waals surface area contributed by atoms with Gasteiger partial charge in [-0.15, -0.1) is 0 Å². The zero-order chi connectivity index (χ0) is 14.7. The molecular formula is C19H21NO. The highest BCUT2D eigenvalue weighted by molar-refractivity contribution is 5.68. The Morgan fingerprint density at radius 2 is 1.86 bits per heavy atom. The Bertz CT molecular complexity index is 633. The minimum atomic E-state index is 0.335. The molecule has 2 aromatic rings.